The van der Waals surface area contributed by atoms with E-state index in [1.807, 2.05) is 55.5 Å². The zero-order chi connectivity index (χ0) is 14.8. The summed E-state index contributed by atoms with van der Waals surface area (Å²) in [5.41, 5.74) is 14.7. The molecular formula is C16H15N5. The molecule has 0 aliphatic rings. The third-order valence-electron chi connectivity index (χ3n) is 3.15. The first kappa shape index (κ1) is 13.1. The first-order valence-corrected chi connectivity index (χ1v) is 6.57. The van der Waals surface area contributed by atoms with E-state index in [0.717, 1.165) is 22.2 Å². The van der Waals surface area contributed by atoms with Crippen molar-refractivity contribution in [2.24, 2.45) is 16.5 Å². The van der Waals surface area contributed by atoms with E-state index in [9.17, 15) is 0 Å². The summed E-state index contributed by atoms with van der Waals surface area (Å²) in [6.07, 6.45) is 0. The number of aryl methyl sites for hydroxylation is 1. The Bertz CT molecular complexity index is 818. The Morgan fingerprint density at radius 1 is 0.952 bits per heavy atom. The van der Waals surface area contributed by atoms with Crippen molar-refractivity contribution in [3.63, 3.8) is 0 Å². The van der Waals surface area contributed by atoms with Gasteiger partial charge in [0.15, 0.2) is 5.96 Å². The van der Waals surface area contributed by atoms with E-state index in [1.54, 1.807) is 0 Å². The molecule has 0 atom stereocenters. The molecule has 0 saturated heterocycles. The normalized spacial score (nSPS) is 10.5. The molecule has 0 amide bonds. The third kappa shape index (κ3) is 2.67. The standard InChI is InChI=1S/C16H15N5/c1-10-6-8-11(9-7-10)14-12-4-2-3-5-13(12)19-16(20-14)21-15(17)18/h2-9H,1H3,(H4,17,18,19,20,21). The number of para-hydroxylation sites is 1. The summed E-state index contributed by atoms with van der Waals surface area (Å²) in [5.74, 6) is 0.212. The van der Waals surface area contributed by atoms with Gasteiger partial charge in [0.1, 0.15) is 0 Å². The van der Waals surface area contributed by atoms with Crippen LogP contribution in [0.3, 0.4) is 0 Å². The van der Waals surface area contributed by atoms with Crippen LogP contribution in [0.15, 0.2) is 53.5 Å². The molecule has 0 spiro atoms. The molecule has 0 unspecified atom stereocenters. The summed E-state index contributed by atoms with van der Waals surface area (Å²) in [6, 6.07) is 16.0. The van der Waals surface area contributed by atoms with Crippen molar-refractivity contribution in [2.75, 3.05) is 0 Å². The highest BCUT2D eigenvalue weighted by Crippen LogP contribution is 2.28. The van der Waals surface area contributed by atoms with Crippen LogP contribution in [-0.2, 0) is 0 Å². The van der Waals surface area contributed by atoms with Crippen LogP contribution >= 0.6 is 0 Å². The summed E-state index contributed by atoms with van der Waals surface area (Å²) in [7, 11) is 0. The minimum absolute atomic E-state index is 0.0554. The van der Waals surface area contributed by atoms with Gasteiger partial charge in [-0.3, -0.25) is 0 Å². The van der Waals surface area contributed by atoms with Crippen molar-refractivity contribution in [1.29, 1.82) is 0 Å². The first-order chi connectivity index (χ1) is 10.1. The maximum absolute atomic E-state index is 5.42. The number of guanidine groups is 1. The SMILES string of the molecule is Cc1ccc(-c2nc(N=C(N)N)nc3ccccc23)cc1. The number of aromatic nitrogens is 2. The molecule has 0 fully saturated rings. The number of hydrogen-bond donors (Lipinski definition) is 2. The Balaban J connectivity index is 2.28. The van der Waals surface area contributed by atoms with Crippen LogP contribution in [0.2, 0.25) is 0 Å². The largest absolute Gasteiger partial charge is 0.370 e. The van der Waals surface area contributed by atoms with Crippen LogP contribution in [0.1, 0.15) is 5.56 Å². The van der Waals surface area contributed by atoms with Gasteiger partial charge in [-0.15, -0.1) is 0 Å². The van der Waals surface area contributed by atoms with Crippen LogP contribution in [0, 0.1) is 6.92 Å². The van der Waals surface area contributed by atoms with Crippen molar-refractivity contribution in [1.82, 2.24) is 9.97 Å². The molecule has 4 N–H and O–H groups in total. The Labute approximate surface area is 122 Å². The molecule has 3 rings (SSSR count). The second kappa shape index (κ2) is 5.20. The zero-order valence-corrected chi connectivity index (χ0v) is 11.6. The summed E-state index contributed by atoms with van der Waals surface area (Å²) >= 11 is 0. The fourth-order valence-electron chi connectivity index (χ4n) is 2.16. The Morgan fingerprint density at radius 2 is 1.67 bits per heavy atom. The van der Waals surface area contributed by atoms with E-state index in [0.29, 0.717) is 0 Å². The van der Waals surface area contributed by atoms with Crippen molar-refractivity contribution in [3.05, 3.63) is 54.1 Å². The molecule has 2 aromatic carbocycles. The van der Waals surface area contributed by atoms with Gasteiger partial charge in [0.2, 0.25) is 0 Å². The van der Waals surface area contributed by atoms with Gasteiger partial charge in [0.25, 0.3) is 5.95 Å². The van der Waals surface area contributed by atoms with Gasteiger partial charge in [0.05, 0.1) is 11.2 Å². The van der Waals surface area contributed by atoms with Crippen molar-refractivity contribution in [3.8, 4) is 11.3 Å². The minimum Gasteiger partial charge on any atom is -0.370 e. The van der Waals surface area contributed by atoms with E-state index < -0.39 is 0 Å². The lowest BCUT2D eigenvalue weighted by molar-refractivity contribution is 1.17. The molecule has 0 saturated carbocycles. The van der Waals surface area contributed by atoms with Crippen LogP contribution < -0.4 is 11.5 Å². The van der Waals surface area contributed by atoms with Gasteiger partial charge >= 0.3 is 0 Å². The molecule has 0 aliphatic heterocycles. The van der Waals surface area contributed by atoms with Crippen LogP contribution in [0.5, 0.6) is 0 Å². The molecule has 5 nitrogen and oxygen atoms in total. The molecule has 1 aromatic heterocycles. The number of nitrogens with two attached hydrogens (primary N) is 2. The lowest BCUT2D eigenvalue weighted by Gasteiger charge is -2.07. The number of fused-ring (bicyclic) bond motifs is 1. The van der Waals surface area contributed by atoms with E-state index in [1.165, 1.54) is 5.56 Å². The lowest BCUT2D eigenvalue weighted by atomic mass is 10.1. The highest BCUT2D eigenvalue weighted by Gasteiger charge is 2.09. The van der Waals surface area contributed by atoms with Gasteiger partial charge in [-0.25, -0.2) is 9.97 Å². The molecule has 5 heteroatoms. The third-order valence-corrected chi connectivity index (χ3v) is 3.15. The first-order valence-electron chi connectivity index (χ1n) is 6.57. The lowest BCUT2D eigenvalue weighted by Crippen LogP contribution is -2.22. The van der Waals surface area contributed by atoms with Gasteiger partial charge in [-0.1, -0.05) is 48.0 Å². The van der Waals surface area contributed by atoms with Gasteiger partial charge < -0.3 is 11.5 Å². The summed E-state index contributed by atoms with van der Waals surface area (Å²) < 4.78 is 0. The molecular weight excluding hydrogens is 262 g/mol. The second-order valence-corrected chi connectivity index (χ2v) is 4.79. The predicted octanol–water partition coefficient (Wildman–Crippen LogP) is 2.51. The smallest absolute Gasteiger partial charge is 0.253 e. The average Bonchev–Trinajstić information content (AvgIpc) is 2.46. The maximum atomic E-state index is 5.42. The summed E-state index contributed by atoms with van der Waals surface area (Å²) in [4.78, 5) is 12.8. The van der Waals surface area contributed by atoms with Crippen molar-refractivity contribution in [2.45, 2.75) is 6.92 Å². The van der Waals surface area contributed by atoms with Crippen molar-refractivity contribution >= 4 is 22.8 Å². The zero-order valence-electron chi connectivity index (χ0n) is 11.6. The number of nitrogens with zero attached hydrogens (tertiary/aromatic N) is 3. The van der Waals surface area contributed by atoms with Crippen LogP contribution in [-0.4, -0.2) is 15.9 Å². The molecule has 0 radical (unpaired) electrons. The quantitative estimate of drug-likeness (QED) is 0.556. The van der Waals surface area contributed by atoms with E-state index in [2.05, 4.69) is 15.0 Å². The van der Waals surface area contributed by atoms with Crippen molar-refractivity contribution < 1.29 is 0 Å². The molecule has 3 aromatic rings. The van der Waals surface area contributed by atoms with Gasteiger partial charge in [0, 0.05) is 10.9 Å². The van der Waals surface area contributed by atoms with Gasteiger partial charge in [-0.05, 0) is 13.0 Å². The predicted molar refractivity (Wildman–Crippen MR) is 85.2 cm³/mol. The van der Waals surface area contributed by atoms with E-state index in [-0.39, 0.29) is 11.9 Å². The fourth-order valence-corrected chi connectivity index (χ4v) is 2.16. The summed E-state index contributed by atoms with van der Waals surface area (Å²) in [6.45, 7) is 2.05. The highest BCUT2D eigenvalue weighted by atomic mass is 15.1. The molecule has 0 aliphatic carbocycles. The van der Waals surface area contributed by atoms with E-state index >= 15 is 0 Å². The monoisotopic (exact) mass is 277 g/mol. The minimum atomic E-state index is -0.0554. The molecule has 104 valence electrons. The van der Waals surface area contributed by atoms with Crippen LogP contribution in [0.4, 0.5) is 5.95 Å². The Morgan fingerprint density at radius 3 is 2.38 bits per heavy atom. The average molecular weight is 277 g/mol. The number of hydrogen-bond acceptors (Lipinski definition) is 3. The fraction of sp³-hybridized carbons (Fsp3) is 0.0625. The number of benzene rings is 2. The number of rotatable bonds is 2. The highest BCUT2D eigenvalue weighted by molar-refractivity contribution is 5.93. The second-order valence-electron chi connectivity index (χ2n) is 4.79. The number of aliphatic imine (C=N–C) groups is 1. The van der Waals surface area contributed by atoms with E-state index in [4.69, 9.17) is 11.5 Å². The summed E-state index contributed by atoms with van der Waals surface area (Å²) in [5, 5.41) is 0.968. The molecule has 0 bridgehead atoms. The van der Waals surface area contributed by atoms with Gasteiger partial charge in [-0.2, -0.15) is 4.99 Å². The topological polar surface area (TPSA) is 90.2 Å². The molecule has 21 heavy (non-hydrogen) atoms. The molecule has 1 heterocycles. The Hall–Kier alpha value is -2.95. The maximum Gasteiger partial charge on any atom is 0.253 e. The Kier molecular flexibility index (Phi) is 3.23. The van der Waals surface area contributed by atoms with Crippen LogP contribution in [0.25, 0.3) is 22.2 Å².